The predicted octanol–water partition coefficient (Wildman–Crippen LogP) is 10.5. The zero-order valence-electron chi connectivity index (χ0n) is 76.4. The molecule has 5 aliphatic rings. The van der Waals surface area contributed by atoms with Crippen molar-refractivity contribution in [2.75, 3.05) is 13.2 Å². The number of hydrogen-bond donors (Lipinski definition) is 12. The van der Waals surface area contributed by atoms with Crippen LogP contribution in [-0.4, -0.2) is 162 Å². The van der Waals surface area contributed by atoms with E-state index < -0.39 is 58.9 Å². The number of aliphatic hydroxyl groups excluding tert-OH is 9. The van der Waals surface area contributed by atoms with Crippen LogP contribution in [0, 0.1) is 42.4 Å². The molecular formula is C75H114O19S53. The highest BCUT2D eigenvalue weighted by atomic mass is 33.5. The summed E-state index contributed by atoms with van der Waals surface area (Å²) in [5, 5.41) is 109. The molecule has 3 saturated carbocycles. The average Bonchev–Trinajstić information content (AvgIpc) is 1.64. The molecule has 2 aliphatic heterocycles. The molecule has 0 bridgehead atoms. The first-order chi connectivity index (χ1) is 70.7. The summed E-state index contributed by atoms with van der Waals surface area (Å²) < 4.78 is 46.0. The highest BCUT2D eigenvalue weighted by Crippen LogP contribution is 2.45. The normalized spacial score (nSPS) is 19.6. The van der Waals surface area contributed by atoms with Gasteiger partial charge in [0.15, 0.2) is 12.6 Å². The topological polar surface area (TPSA) is 339 Å². The molecule has 9 rings (SSSR count). The van der Waals surface area contributed by atoms with Crippen molar-refractivity contribution in [2.45, 2.75) is 254 Å². The van der Waals surface area contributed by atoms with Crippen LogP contribution >= 0.6 is 0 Å². The number of aliphatic carboxylic acids is 2. The number of allylic oxidation sites excluding steroid dienone is 2. The fourth-order valence-electron chi connectivity index (χ4n) is 14.1. The van der Waals surface area contributed by atoms with E-state index in [1.807, 2.05) is 73.7 Å². The summed E-state index contributed by atoms with van der Waals surface area (Å²) in [6.07, 6.45) is 16.4. The van der Waals surface area contributed by atoms with Crippen LogP contribution in [0.15, 0.2) is 132 Å². The van der Waals surface area contributed by atoms with Crippen LogP contribution in [0.4, 0.5) is 0 Å². The van der Waals surface area contributed by atoms with E-state index >= 15 is 0 Å². The van der Waals surface area contributed by atoms with Crippen LogP contribution in [0.3, 0.4) is 0 Å². The Bertz CT molecular complexity index is 6850. The van der Waals surface area contributed by atoms with Gasteiger partial charge in [-0.2, -0.15) is 8.42 Å². The summed E-state index contributed by atoms with van der Waals surface area (Å²) in [5.41, 5.74) is 4.64. The van der Waals surface area contributed by atoms with Crippen LogP contribution < -0.4 is 0 Å². The van der Waals surface area contributed by atoms with Gasteiger partial charge in [0.25, 0.3) is 10.1 Å². The lowest BCUT2D eigenvalue weighted by Gasteiger charge is -2.26. The third-order valence-corrected chi connectivity index (χ3v) is 117. The molecule has 16 atom stereocenters. The lowest BCUT2D eigenvalue weighted by molar-refractivity contribution is -0.138. The van der Waals surface area contributed by atoms with Gasteiger partial charge in [0.2, 0.25) is 0 Å². The zero-order valence-corrected chi connectivity index (χ0v) is 120. The second-order valence-electron chi connectivity index (χ2n) is 29.3. The highest BCUT2D eigenvalue weighted by molar-refractivity contribution is 8.80. The van der Waals surface area contributed by atoms with Gasteiger partial charge in [-0.1, -0.05) is 148 Å². The standard InChI is InChI=1S/C23H34O5.C20H30O5.C18H26O4.C7H8O3S.C6H12O2.CH4.S20.S19.S13/c24-18(13-12-17-8-4-3-5-9-17)14-15-20-19(21(25)16-22(20)26)10-6-1-2-7-11-23(27)28;21-15(7-6-14-4-2-1-3-5-14)8-9-16-17(19(23)13-18(16)22)12-20-24-10-11-25-20;19-13(7-6-12-4-2-1-3-5-12)8-9-14-15-10-18(21)22-17(15)11-16(14)20;1-6-2-4-7(5-3-6)11(8,9)10;1-2-3-4-5-6(7)8;;1-3-5-7-9-11-13-15-17-19-20-18-16-14-12-10-8-6-4-2;1-3-5-7-9-11-13-15-17-19-18-16-14-12-10-8-6-4-2;1-3-5-7-9-11-13-12-10-8-6-4-2/h1,3-6,8-9,18-22,24-26H,2,7,10-16H2,(H,27,28);1-5,15-23H,6-13H2;1-5,13-21H,6-11H2;2-5H,1H3,(H,8,9,10);2-5H2,1H3,(H,7,8);1H4;;;/b6-1-;;;;;;;;/t18-,19+,20+,21-,22+;15-,16+,17+,18+,19-;13-,14+,15+,16+,17-,18?;;;;;;/m000....../s1. The smallest absolute Gasteiger partial charge is 0.303 e. The minimum Gasteiger partial charge on any atom is -0.481 e. The summed E-state index contributed by atoms with van der Waals surface area (Å²) in [6.45, 7) is 5.09. The van der Waals surface area contributed by atoms with Gasteiger partial charge in [0.1, 0.15) is 0 Å². The molecule has 4 aromatic carbocycles. The summed E-state index contributed by atoms with van der Waals surface area (Å²) in [6, 6.07) is 36.4. The van der Waals surface area contributed by atoms with Gasteiger partial charge in [0.05, 0.1) is 73.0 Å². The largest absolute Gasteiger partial charge is 0.481 e. The number of carboxylic acid groups (broad SMARTS) is 2. The van der Waals surface area contributed by atoms with Crippen LogP contribution in [0.1, 0.15) is 178 Å². The number of aryl methyl sites for hydroxylation is 4. The van der Waals surface area contributed by atoms with Gasteiger partial charge in [-0.25, -0.2) is 0 Å². The minimum atomic E-state index is -4.02. The molecule has 5 fully saturated rings. The number of carboxylic acids is 2. The summed E-state index contributed by atoms with van der Waals surface area (Å²) in [7, 11) is 73.9. The van der Waals surface area contributed by atoms with E-state index in [2.05, 4.69) is 43.3 Å². The van der Waals surface area contributed by atoms with Crippen molar-refractivity contribution in [3.8, 4) is 0 Å². The Morgan fingerprint density at radius 3 is 0.980 bits per heavy atom. The Balaban J connectivity index is 0.000000859. The predicted molar refractivity (Wildman–Crippen MR) is 748 cm³/mol. The molecule has 846 valence electrons. The first-order valence-corrected chi connectivity index (χ1v) is 109. The molecule has 147 heavy (non-hydrogen) atoms. The van der Waals surface area contributed by atoms with E-state index in [1.165, 1.54) is 82.1 Å². The first-order valence-electron chi connectivity index (χ1n) is 42.4. The number of fused-ring (bicyclic) bond motifs is 1. The van der Waals surface area contributed by atoms with E-state index in [1.54, 1.807) is 367 Å². The third kappa shape index (κ3) is 85.9. The van der Waals surface area contributed by atoms with Crippen molar-refractivity contribution in [2.24, 2.45) is 35.5 Å². The van der Waals surface area contributed by atoms with Gasteiger partial charge in [-0.05, 0) is 187 Å². The van der Waals surface area contributed by atoms with Crippen molar-refractivity contribution in [1.29, 1.82) is 0 Å². The quantitative estimate of drug-likeness (QED) is 0.0127. The van der Waals surface area contributed by atoms with Crippen molar-refractivity contribution in [3.05, 3.63) is 150 Å². The molecule has 2 heterocycles. The van der Waals surface area contributed by atoms with Crippen LogP contribution in [0.25, 0.3) is 0 Å². The minimum absolute atomic E-state index is 0. The van der Waals surface area contributed by atoms with E-state index in [0.29, 0.717) is 110 Å². The van der Waals surface area contributed by atoms with E-state index in [4.69, 9.17) is 96.1 Å². The Hall–Kier alpha value is 6.43. The monoisotopic (exact) mass is 3010 g/mol. The van der Waals surface area contributed by atoms with Crippen molar-refractivity contribution in [1.82, 2.24) is 0 Å². The molecule has 0 spiro atoms. The average molecular weight is 3020 g/mol. The fourth-order valence-corrected chi connectivity index (χ4v) is 124. The Kier molecular flexibility index (Phi) is 109. The molecule has 12 N–H and O–H groups in total. The van der Waals surface area contributed by atoms with Gasteiger partial charge in [-0.15, -0.1) is 0 Å². The molecule has 1 unspecified atom stereocenters. The van der Waals surface area contributed by atoms with Crippen molar-refractivity contribution < 1.29 is 92.9 Å². The molecule has 2 saturated heterocycles. The first kappa shape index (κ1) is 151. The van der Waals surface area contributed by atoms with Crippen LogP contribution in [0.5, 0.6) is 0 Å². The van der Waals surface area contributed by atoms with Crippen molar-refractivity contribution in [3.63, 3.8) is 0 Å². The Morgan fingerprint density at radius 2 is 0.667 bits per heavy atom. The molecular weight excluding hydrogens is 2900 g/mol. The Labute approximate surface area is 1020 Å². The van der Waals surface area contributed by atoms with E-state index in [9.17, 15) is 64.0 Å². The molecule has 0 aromatic heterocycles. The van der Waals surface area contributed by atoms with Gasteiger partial charge in [0, 0.05) is 508 Å². The molecule has 72 heteroatoms. The maximum atomic E-state index is 10.5. The number of carbonyl (C=O) groups is 2. The summed E-state index contributed by atoms with van der Waals surface area (Å²) >= 11 is 28.4. The zero-order chi connectivity index (χ0) is 107. The van der Waals surface area contributed by atoms with Gasteiger partial charge < -0.3 is 70.4 Å². The molecule has 0 amide bonds. The molecule has 0 radical (unpaired) electrons. The Morgan fingerprint density at radius 1 is 0.374 bits per heavy atom. The lowest BCUT2D eigenvalue weighted by Crippen LogP contribution is -2.28. The number of aliphatic hydroxyl groups is 9. The lowest BCUT2D eigenvalue weighted by atomic mass is 9.85. The number of hydrogen-bond acceptors (Lipinski definition) is 22. The number of benzene rings is 4. The molecule has 19 nitrogen and oxygen atoms in total. The molecule has 3 aliphatic carbocycles. The second-order valence-corrected chi connectivity index (χ2v) is 112. The molecule has 4 aromatic rings. The third-order valence-electron chi connectivity index (χ3n) is 20.2. The van der Waals surface area contributed by atoms with Gasteiger partial charge in [-0.3, -0.25) is 14.1 Å². The second kappa shape index (κ2) is 106. The maximum Gasteiger partial charge on any atom is 0.303 e. The van der Waals surface area contributed by atoms with Crippen LogP contribution in [-0.2, 0) is 529 Å². The van der Waals surface area contributed by atoms with Crippen LogP contribution in [0.2, 0.25) is 0 Å². The number of ether oxygens (including phenoxy) is 3. The van der Waals surface area contributed by atoms with Crippen molar-refractivity contribution >= 4 is 498 Å². The SMILES string of the molecule is C.CCCCCC(=O)O.Cc1ccc(S(=O)(=O)O)cc1.O=C(O)CCC/C=C\C[C@@H]1[C@@H](CC[C@@H](O)CCc2ccccc2)[C@H](O)C[C@@H]1O.OC1C[C@@H]2[C@@H](CC[C@@H](O)CCc3ccccc3)[C@H](O)C[C@@H]2O1.O[C@@H](CCc1ccccc1)CC[C@@H]1[C@@H](CC2OCCO2)[C@@H](O)C[C@H]1O.S=S=S=S=S=S=S=S=S=S=S=S=S.S=S=S=S=S=S=S=S=S=S=S=S=S=S=S=S=S=S=S.S=S=S=S=S=S=S=S=S=S=S=S=S=S=S=S=S=S=S=S. The van der Waals surface area contributed by atoms with E-state index in [-0.39, 0.29) is 85.0 Å². The number of unbranched alkanes of at least 4 members (excludes halogenated alkanes) is 3. The van der Waals surface area contributed by atoms with Gasteiger partial charge >= 0.3 is 11.9 Å². The maximum absolute atomic E-state index is 10.5. The summed E-state index contributed by atoms with van der Waals surface area (Å²) in [4.78, 5) is 20.3. The fraction of sp³-hybridized carbons (Fsp3) is 0.627. The summed E-state index contributed by atoms with van der Waals surface area (Å²) in [5.74, 6) is -1.13. The van der Waals surface area contributed by atoms with E-state index in [0.717, 1.165) is 63.4 Å². The highest BCUT2D eigenvalue weighted by Gasteiger charge is 2.49. The number of rotatable bonds is 31.